The van der Waals surface area contributed by atoms with Crippen LogP contribution < -0.4 is 4.74 Å². The molecule has 0 radical (unpaired) electrons. The molecule has 21 heavy (non-hydrogen) atoms. The molecule has 0 spiro atoms. The third-order valence-corrected chi connectivity index (χ3v) is 2.80. The number of hydrogen-bond acceptors (Lipinski definition) is 4. The second-order valence-electron chi connectivity index (χ2n) is 4.75. The first kappa shape index (κ1) is 13.6. The van der Waals surface area contributed by atoms with Crippen LogP contribution in [0, 0.1) is 0 Å². The predicted molar refractivity (Wildman–Crippen MR) is 69.1 cm³/mol. The van der Waals surface area contributed by atoms with Crippen molar-refractivity contribution in [2.45, 2.75) is 26.1 Å². The maximum Gasteiger partial charge on any atom is 0.452 e. The molecule has 0 saturated heterocycles. The van der Waals surface area contributed by atoms with Crippen LogP contribution >= 0.6 is 0 Å². The van der Waals surface area contributed by atoms with E-state index >= 15 is 0 Å². The smallest absolute Gasteiger partial charge is 0.452 e. The van der Waals surface area contributed by atoms with E-state index in [0.717, 1.165) is 4.40 Å². The number of aromatic nitrogens is 4. The molecule has 0 aliphatic carbocycles. The van der Waals surface area contributed by atoms with Crippen LogP contribution in [0.3, 0.4) is 0 Å². The van der Waals surface area contributed by atoms with E-state index in [1.165, 1.54) is 6.07 Å². The fourth-order valence-electron chi connectivity index (χ4n) is 2.04. The molecule has 0 bridgehead atoms. The van der Waals surface area contributed by atoms with E-state index in [9.17, 15) is 13.2 Å². The van der Waals surface area contributed by atoms with Crippen molar-refractivity contribution in [2.24, 2.45) is 0 Å². The van der Waals surface area contributed by atoms with Gasteiger partial charge in [-0.25, -0.2) is 4.98 Å². The minimum absolute atomic E-state index is 0.0340. The van der Waals surface area contributed by atoms with E-state index < -0.39 is 12.0 Å². The largest absolute Gasteiger partial charge is 0.472 e. The highest BCUT2D eigenvalue weighted by molar-refractivity contribution is 5.79. The molecule has 1 aromatic carbocycles. The number of para-hydroxylation sites is 2. The number of alkyl halides is 3. The van der Waals surface area contributed by atoms with Crippen LogP contribution in [-0.4, -0.2) is 25.7 Å². The fourth-order valence-corrected chi connectivity index (χ4v) is 2.04. The monoisotopic (exact) mass is 296 g/mol. The van der Waals surface area contributed by atoms with Crippen LogP contribution in [0.25, 0.3) is 16.7 Å². The summed E-state index contributed by atoms with van der Waals surface area (Å²) in [5.41, 5.74) is 0.613. The lowest BCUT2D eigenvalue weighted by molar-refractivity contribution is -0.145. The van der Waals surface area contributed by atoms with Gasteiger partial charge in [-0.1, -0.05) is 12.1 Å². The van der Waals surface area contributed by atoms with Gasteiger partial charge in [-0.15, -0.1) is 10.2 Å². The Bertz CT molecular complexity index is 810. The maximum atomic E-state index is 13.1. The van der Waals surface area contributed by atoms with Gasteiger partial charge in [-0.05, 0) is 26.0 Å². The lowest BCUT2D eigenvalue weighted by atomic mass is 10.3. The van der Waals surface area contributed by atoms with Crippen LogP contribution in [0.1, 0.15) is 19.7 Å². The van der Waals surface area contributed by atoms with Gasteiger partial charge in [0.25, 0.3) is 5.88 Å². The van der Waals surface area contributed by atoms with Gasteiger partial charge in [-0.2, -0.15) is 13.2 Å². The average Bonchev–Trinajstić information content (AvgIpc) is 2.83. The van der Waals surface area contributed by atoms with Crippen molar-refractivity contribution in [3.8, 4) is 5.88 Å². The van der Waals surface area contributed by atoms with Gasteiger partial charge >= 0.3 is 6.18 Å². The summed E-state index contributed by atoms with van der Waals surface area (Å²) in [6.07, 6.45) is -4.85. The summed E-state index contributed by atoms with van der Waals surface area (Å²) in [4.78, 5) is 4.23. The number of hydrogen-bond donors (Lipinski definition) is 0. The zero-order valence-electron chi connectivity index (χ0n) is 11.2. The highest BCUT2D eigenvalue weighted by Crippen LogP contribution is 2.32. The van der Waals surface area contributed by atoms with Gasteiger partial charge < -0.3 is 4.74 Å². The number of rotatable bonds is 2. The molecule has 5 nitrogen and oxygen atoms in total. The molecule has 0 N–H and O–H groups in total. The lowest BCUT2D eigenvalue weighted by Gasteiger charge is -2.12. The summed E-state index contributed by atoms with van der Waals surface area (Å²) in [6, 6.07) is 6.47. The second-order valence-corrected chi connectivity index (χ2v) is 4.75. The van der Waals surface area contributed by atoms with E-state index in [2.05, 4.69) is 15.2 Å². The number of ether oxygens (including phenoxy) is 1. The summed E-state index contributed by atoms with van der Waals surface area (Å²) in [6.45, 7) is 3.52. The molecule has 2 heterocycles. The van der Waals surface area contributed by atoms with Gasteiger partial charge in [0.05, 0.1) is 17.1 Å². The number of nitrogens with zero attached hydrogens (tertiary/aromatic N) is 4. The van der Waals surface area contributed by atoms with Gasteiger partial charge in [-0.3, -0.25) is 4.40 Å². The van der Waals surface area contributed by atoms with Crippen LogP contribution in [0.2, 0.25) is 0 Å². The summed E-state index contributed by atoms with van der Waals surface area (Å²) >= 11 is 0. The van der Waals surface area contributed by atoms with Crippen LogP contribution in [0.5, 0.6) is 5.88 Å². The molecule has 0 aliphatic heterocycles. The molecule has 2 aromatic heterocycles. The third-order valence-electron chi connectivity index (χ3n) is 2.80. The van der Waals surface area contributed by atoms with Gasteiger partial charge in [0.2, 0.25) is 11.5 Å². The third kappa shape index (κ3) is 2.26. The van der Waals surface area contributed by atoms with Crippen LogP contribution in [0.15, 0.2) is 24.3 Å². The molecule has 0 atom stereocenters. The van der Waals surface area contributed by atoms with E-state index in [-0.39, 0.29) is 23.1 Å². The van der Waals surface area contributed by atoms with Crippen molar-refractivity contribution in [1.82, 2.24) is 19.6 Å². The zero-order chi connectivity index (χ0) is 15.2. The average molecular weight is 296 g/mol. The van der Waals surface area contributed by atoms with E-state index in [4.69, 9.17) is 4.74 Å². The molecule has 3 aromatic rings. The Balaban J connectivity index is 2.42. The SMILES string of the molecule is CC(C)Oc1nc2ccccc2n2c(C(F)(F)F)nnc12. The Kier molecular flexibility index (Phi) is 2.96. The summed E-state index contributed by atoms with van der Waals surface area (Å²) in [7, 11) is 0. The van der Waals surface area contributed by atoms with Crippen molar-refractivity contribution in [3.63, 3.8) is 0 Å². The Morgan fingerprint density at radius 2 is 1.86 bits per heavy atom. The Morgan fingerprint density at radius 1 is 1.14 bits per heavy atom. The Hall–Kier alpha value is -2.38. The Labute approximate surface area is 117 Å². The predicted octanol–water partition coefficient (Wildman–Crippen LogP) is 3.08. The van der Waals surface area contributed by atoms with Gasteiger partial charge in [0, 0.05) is 0 Å². The highest BCUT2D eigenvalue weighted by atomic mass is 19.4. The number of benzene rings is 1. The number of halogens is 3. The topological polar surface area (TPSA) is 52.3 Å². The normalized spacial score (nSPS) is 12.5. The van der Waals surface area contributed by atoms with Gasteiger partial charge in [0.15, 0.2) is 0 Å². The second kappa shape index (κ2) is 4.57. The van der Waals surface area contributed by atoms with Crippen molar-refractivity contribution >= 4 is 16.7 Å². The molecule has 0 amide bonds. The summed E-state index contributed by atoms with van der Waals surface area (Å²) in [5, 5.41) is 6.85. The standard InChI is InChI=1S/C13H11F3N4O/c1-7(2)21-11-10-18-19-12(13(14,15)16)20(10)9-6-4-3-5-8(9)17-11/h3-7H,1-2H3. The molecular formula is C13H11F3N4O. The molecule has 3 rings (SSSR count). The summed E-state index contributed by atoms with van der Waals surface area (Å²) < 4.78 is 45.7. The quantitative estimate of drug-likeness (QED) is 0.729. The first-order chi connectivity index (χ1) is 9.88. The Morgan fingerprint density at radius 3 is 2.52 bits per heavy atom. The zero-order valence-corrected chi connectivity index (χ0v) is 11.2. The van der Waals surface area contributed by atoms with Crippen molar-refractivity contribution in [2.75, 3.05) is 0 Å². The van der Waals surface area contributed by atoms with Crippen LogP contribution in [-0.2, 0) is 6.18 Å². The molecule has 110 valence electrons. The fraction of sp³-hybridized carbons (Fsp3) is 0.308. The molecule has 0 aliphatic rings. The molecule has 8 heteroatoms. The van der Waals surface area contributed by atoms with Crippen molar-refractivity contribution in [1.29, 1.82) is 0 Å². The first-order valence-electron chi connectivity index (χ1n) is 6.25. The van der Waals surface area contributed by atoms with Gasteiger partial charge in [0.1, 0.15) is 0 Å². The molecule has 0 fully saturated rings. The van der Waals surface area contributed by atoms with E-state index in [0.29, 0.717) is 5.52 Å². The van der Waals surface area contributed by atoms with Crippen molar-refractivity contribution in [3.05, 3.63) is 30.1 Å². The van der Waals surface area contributed by atoms with E-state index in [1.807, 2.05) is 0 Å². The minimum Gasteiger partial charge on any atom is -0.472 e. The lowest BCUT2D eigenvalue weighted by Crippen LogP contribution is -2.13. The number of fused-ring (bicyclic) bond motifs is 3. The molecule has 0 unspecified atom stereocenters. The highest BCUT2D eigenvalue weighted by Gasteiger charge is 2.38. The molecule has 0 saturated carbocycles. The maximum absolute atomic E-state index is 13.1. The molecular weight excluding hydrogens is 285 g/mol. The van der Waals surface area contributed by atoms with Crippen LogP contribution in [0.4, 0.5) is 13.2 Å². The first-order valence-corrected chi connectivity index (χ1v) is 6.25. The van der Waals surface area contributed by atoms with E-state index in [1.54, 1.807) is 32.0 Å². The van der Waals surface area contributed by atoms with Crippen molar-refractivity contribution < 1.29 is 17.9 Å². The minimum atomic E-state index is -4.61. The summed E-state index contributed by atoms with van der Waals surface area (Å²) in [5.74, 6) is -1.06.